The van der Waals surface area contributed by atoms with Crippen LogP contribution in [-0.4, -0.2) is 25.0 Å². The molecule has 0 aliphatic carbocycles. The molecule has 3 rings (SSSR count). The SMILES string of the molecule is Cc1nc2nnnc-2c(N)n1-c1ccccc1. The van der Waals surface area contributed by atoms with Crippen LogP contribution in [0.5, 0.6) is 0 Å². The summed E-state index contributed by atoms with van der Waals surface area (Å²) in [6.07, 6.45) is 0. The molecule has 2 aliphatic heterocycles. The molecule has 0 bridgehead atoms. The van der Waals surface area contributed by atoms with E-state index in [1.54, 1.807) is 0 Å². The van der Waals surface area contributed by atoms with Gasteiger partial charge in [-0.3, -0.25) is 4.57 Å². The number of aromatic nitrogens is 5. The number of para-hydroxylation sites is 1. The van der Waals surface area contributed by atoms with Crippen molar-refractivity contribution in [3.8, 4) is 17.2 Å². The highest BCUT2D eigenvalue weighted by molar-refractivity contribution is 5.66. The molecule has 0 unspecified atom stereocenters. The van der Waals surface area contributed by atoms with Crippen molar-refractivity contribution < 1.29 is 0 Å². The highest BCUT2D eigenvalue weighted by atomic mass is 15.4. The molecule has 0 amide bonds. The van der Waals surface area contributed by atoms with Crippen LogP contribution in [-0.2, 0) is 0 Å². The minimum Gasteiger partial charge on any atom is -0.383 e. The first-order chi connectivity index (χ1) is 8.27. The highest BCUT2D eigenvalue weighted by Crippen LogP contribution is 2.25. The molecule has 2 aliphatic rings. The zero-order valence-corrected chi connectivity index (χ0v) is 9.20. The van der Waals surface area contributed by atoms with E-state index in [4.69, 9.17) is 5.73 Å². The molecular formula is C11H10N6. The van der Waals surface area contributed by atoms with E-state index >= 15 is 0 Å². The van der Waals surface area contributed by atoms with Gasteiger partial charge in [-0.1, -0.05) is 18.2 Å². The fourth-order valence-corrected chi connectivity index (χ4v) is 1.83. The van der Waals surface area contributed by atoms with Gasteiger partial charge in [0.15, 0.2) is 5.69 Å². The Morgan fingerprint density at radius 1 is 1.12 bits per heavy atom. The van der Waals surface area contributed by atoms with Gasteiger partial charge in [-0.05, 0) is 24.3 Å². The van der Waals surface area contributed by atoms with Crippen molar-refractivity contribution in [1.82, 2.24) is 25.0 Å². The van der Waals surface area contributed by atoms with Crippen molar-refractivity contribution in [2.24, 2.45) is 0 Å². The second-order valence-corrected chi connectivity index (χ2v) is 3.68. The summed E-state index contributed by atoms with van der Waals surface area (Å²) in [4.78, 5) is 4.32. The highest BCUT2D eigenvalue weighted by Gasteiger charge is 2.18. The number of hydrogen-bond donors (Lipinski definition) is 1. The molecule has 84 valence electrons. The second kappa shape index (κ2) is 3.51. The first-order valence-corrected chi connectivity index (χ1v) is 5.16. The van der Waals surface area contributed by atoms with E-state index in [0.29, 0.717) is 17.3 Å². The standard InChI is InChI=1S/C11H10N6/c1-7-13-11-9(14-16-15-11)10(12)17(7)8-5-3-2-4-6-8/h2-6H,12H2,1H3. The average molecular weight is 226 g/mol. The van der Waals surface area contributed by atoms with Crippen molar-refractivity contribution in [3.63, 3.8) is 0 Å². The fourth-order valence-electron chi connectivity index (χ4n) is 1.83. The molecule has 6 heteroatoms. The minimum atomic E-state index is 0.479. The number of nitrogens with zero attached hydrogens (tertiary/aromatic N) is 5. The van der Waals surface area contributed by atoms with Crippen molar-refractivity contribution in [3.05, 3.63) is 36.2 Å². The van der Waals surface area contributed by atoms with Gasteiger partial charge >= 0.3 is 0 Å². The number of nitrogen functional groups attached to an aromatic ring is 1. The molecule has 0 atom stereocenters. The first-order valence-electron chi connectivity index (χ1n) is 5.16. The van der Waals surface area contributed by atoms with E-state index in [2.05, 4.69) is 20.4 Å². The number of rotatable bonds is 1. The Morgan fingerprint density at radius 2 is 1.88 bits per heavy atom. The van der Waals surface area contributed by atoms with Gasteiger partial charge < -0.3 is 5.73 Å². The van der Waals surface area contributed by atoms with E-state index in [-0.39, 0.29) is 0 Å². The van der Waals surface area contributed by atoms with Crippen molar-refractivity contribution in [2.75, 3.05) is 5.73 Å². The molecule has 1 aromatic rings. The maximum Gasteiger partial charge on any atom is 0.209 e. The predicted molar refractivity (Wildman–Crippen MR) is 62.7 cm³/mol. The first kappa shape index (κ1) is 9.71. The smallest absolute Gasteiger partial charge is 0.209 e. The number of aryl methyl sites for hydroxylation is 1. The minimum absolute atomic E-state index is 0.479. The number of benzene rings is 1. The molecule has 0 saturated heterocycles. The van der Waals surface area contributed by atoms with E-state index in [0.717, 1.165) is 11.5 Å². The average Bonchev–Trinajstić information content (AvgIpc) is 2.78. The van der Waals surface area contributed by atoms with Gasteiger partial charge in [0.1, 0.15) is 11.6 Å². The molecular weight excluding hydrogens is 216 g/mol. The summed E-state index contributed by atoms with van der Waals surface area (Å²) in [6.45, 7) is 1.87. The number of anilines is 1. The molecule has 0 saturated carbocycles. The van der Waals surface area contributed by atoms with Crippen molar-refractivity contribution in [2.45, 2.75) is 6.92 Å². The van der Waals surface area contributed by atoms with Gasteiger partial charge in [0.25, 0.3) is 0 Å². The summed E-state index contributed by atoms with van der Waals surface area (Å²) in [7, 11) is 0. The van der Waals surface area contributed by atoms with Crippen LogP contribution < -0.4 is 5.73 Å². The summed E-state index contributed by atoms with van der Waals surface area (Å²) in [5.74, 6) is 1.74. The van der Waals surface area contributed by atoms with E-state index < -0.39 is 0 Å². The Kier molecular flexibility index (Phi) is 2.01. The molecule has 2 N–H and O–H groups in total. The van der Waals surface area contributed by atoms with Gasteiger partial charge in [-0.2, -0.15) is 0 Å². The van der Waals surface area contributed by atoms with E-state index in [1.807, 2.05) is 41.8 Å². The van der Waals surface area contributed by atoms with Crippen LogP contribution in [0.2, 0.25) is 0 Å². The quantitative estimate of drug-likeness (QED) is 0.670. The summed E-state index contributed by atoms with van der Waals surface area (Å²) in [6, 6.07) is 9.76. The lowest BCUT2D eigenvalue weighted by Crippen LogP contribution is -2.12. The predicted octanol–water partition coefficient (Wildman–Crippen LogP) is 1.05. The third-order valence-corrected chi connectivity index (χ3v) is 2.59. The Hall–Kier alpha value is -2.50. The summed E-state index contributed by atoms with van der Waals surface area (Å²) in [5, 5.41) is 11.3. The Morgan fingerprint density at radius 3 is 2.65 bits per heavy atom. The Bertz CT molecular complexity index is 630. The van der Waals surface area contributed by atoms with Crippen LogP contribution in [0.25, 0.3) is 17.2 Å². The second-order valence-electron chi connectivity index (χ2n) is 3.68. The van der Waals surface area contributed by atoms with Gasteiger partial charge in [0.2, 0.25) is 5.82 Å². The van der Waals surface area contributed by atoms with E-state index in [9.17, 15) is 0 Å². The summed E-state index contributed by atoms with van der Waals surface area (Å²) in [5.41, 5.74) is 7.55. The van der Waals surface area contributed by atoms with Crippen molar-refractivity contribution in [1.29, 1.82) is 0 Å². The number of nitrogens with two attached hydrogens (primary N) is 1. The maximum absolute atomic E-state index is 6.08. The topological polar surface area (TPSA) is 82.5 Å². The summed E-state index contributed by atoms with van der Waals surface area (Å²) < 4.78 is 1.83. The van der Waals surface area contributed by atoms with Crippen LogP contribution in [0, 0.1) is 6.92 Å². The Labute approximate surface area is 97.5 Å². The van der Waals surface area contributed by atoms with Crippen molar-refractivity contribution >= 4 is 5.82 Å². The van der Waals surface area contributed by atoms with Crippen LogP contribution in [0.15, 0.2) is 30.3 Å². The maximum atomic E-state index is 6.08. The molecule has 1 aromatic carbocycles. The van der Waals surface area contributed by atoms with Gasteiger partial charge in [0, 0.05) is 5.69 Å². The van der Waals surface area contributed by atoms with Crippen LogP contribution in [0.4, 0.5) is 5.82 Å². The van der Waals surface area contributed by atoms with Gasteiger partial charge in [-0.15, -0.1) is 10.2 Å². The molecule has 17 heavy (non-hydrogen) atoms. The van der Waals surface area contributed by atoms with Gasteiger partial charge in [-0.25, -0.2) is 4.98 Å². The number of hydrogen-bond acceptors (Lipinski definition) is 5. The van der Waals surface area contributed by atoms with Crippen LogP contribution in [0.1, 0.15) is 5.82 Å². The van der Waals surface area contributed by atoms with Crippen LogP contribution >= 0.6 is 0 Å². The lowest BCUT2D eigenvalue weighted by molar-refractivity contribution is 0.908. The van der Waals surface area contributed by atoms with Gasteiger partial charge in [0.05, 0.1) is 0 Å². The lowest BCUT2D eigenvalue weighted by atomic mass is 10.3. The fraction of sp³-hybridized carbons (Fsp3) is 0.0909. The lowest BCUT2D eigenvalue weighted by Gasteiger charge is -2.14. The molecule has 0 spiro atoms. The molecule has 6 nitrogen and oxygen atoms in total. The Balaban J connectivity index is 2.34. The monoisotopic (exact) mass is 226 g/mol. The normalized spacial score (nSPS) is 10.9. The molecule has 0 fully saturated rings. The molecule has 0 radical (unpaired) electrons. The largest absolute Gasteiger partial charge is 0.383 e. The summed E-state index contributed by atoms with van der Waals surface area (Å²) >= 11 is 0. The third kappa shape index (κ3) is 1.42. The van der Waals surface area contributed by atoms with E-state index in [1.165, 1.54) is 0 Å². The van der Waals surface area contributed by atoms with Crippen LogP contribution in [0.3, 0.4) is 0 Å². The molecule has 0 aromatic heterocycles. The zero-order chi connectivity index (χ0) is 11.8. The third-order valence-electron chi connectivity index (χ3n) is 2.59. The number of fused-ring (bicyclic) bond motifs is 1. The zero-order valence-electron chi connectivity index (χ0n) is 9.20. The molecule has 2 heterocycles.